The van der Waals surface area contributed by atoms with Crippen LogP contribution < -0.4 is 9.46 Å². The fourth-order valence-corrected chi connectivity index (χ4v) is 4.99. The van der Waals surface area contributed by atoms with E-state index in [1.165, 1.54) is 24.3 Å². The van der Waals surface area contributed by atoms with Crippen molar-refractivity contribution in [1.29, 1.82) is 5.26 Å². The van der Waals surface area contributed by atoms with Gasteiger partial charge >= 0.3 is 0 Å². The molecule has 4 rings (SSSR count). The molecule has 174 valence electrons. The Morgan fingerprint density at radius 3 is 2.59 bits per heavy atom. The highest BCUT2D eigenvalue weighted by Crippen LogP contribution is 2.31. The van der Waals surface area contributed by atoms with E-state index in [1.54, 1.807) is 47.4 Å². The number of carbonyl (C=O) groups is 1. The van der Waals surface area contributed by atoms with Gasteiger partial charge in [0.15, 0.2) is 6.10 Å². The first kappa shape index (κ1) is 23.3. The first-order chi connectivity index (χ1) is 16.3. The zero-order valence-corrected chi connectivity index (χ0v) is 19.2. The Kier molecular flexibility index (Phi) is 6.52. The van der Waals surface area contributed by atoms with E-state index in [4.69, 9.17) is 4.74 Å². The minimum absolute atomic E-state index is 0.0370. The molecule has 1 amide bonds. The molecule has 1 aliphatic heterocycles. The third kappa shape index (κ3) is 4.87. The van der Waals surface area contributed by atoms with E-state index in [9.17, 15) is 22.9 Å². The summed E-state index contributed by atoms with van der Waals surface area (Å²) in [7, 11) is -4.01. The maximum atomic E-state index is 13.3. The summed E-state index contributed by atoms with van der Waals surface area (Å²) in [6.07, 6.45) is -0.232. The molecule has 0 bridgehead atoms. The molecule has 0 radical (unpaired) electrons. The van der Waals surface area contributed by atoms with Crippen molar-refractivity contribution >= 4 is 21.6 Å². The number of sulfonamides is 1. The van der Waals surface area contributed by atoms with Crippen molar-refractivity contribution in [2.24, 2.45) is 0 Å². The molecule has 3 aromatic rings. The van der Waals surface area contributed by atoms with Gasteiger partial charge in [-0.05, 0) is 54.4 Å². The lowest BCUT2D eigenvalue weighted by molar-refractivity contribution is -0.139. The van der Waals surface area contributed by atoms with E-state index < -0.39 is 16.1 Å². The number of ether oxygens (including phenoxy) is 1. The van der Waals surface area contributed by atoms with Crippen LogP contribution in [0.4, 0.5) is 10.1 Å². The van der Waals surface area contributed by atoms with Gasteiger partial charge < -0.3 is 9.64 Å². The van der Waals surface area contributed by atoms with Crippen LogP contribution in [0.25, 0.3) is 0 Å². The Morgan fingerprint density at radius 1 is 1.15 bits per heavy atom. The molecule has 7 nitrogen and oxygen atoms in total. The average Bonchev–Trinajstić information content (AvgIpc) is 2.96. The van der Waals surface area contributed by atoms with Crippen LogP contribution in [0.15, 0.2) is 71.6 Å². The van der Waals surface area contributed by atoms with Crippen molar-refractivity contribution in [2.45, 2.75) is 37.4 Å². The summed E-state index contributed by atoms with van der Waals surface area (Å²) >= 11 is 0. The molecule has 34 heavy (non-hydrogen) atoms. The molecule has 0 aromatic heterocycles. The van der Waals surface area contributed by atoms with Gasteiger partial charge in [0.25, 0.3) is 15.9 Å². The SMILES string of the molecule is CCC1Oc2ccc(NS(=O)(=O)c3ccccc3C#N)cc2CN(Cc2ccc(F)cc2)C1=O. The van der Waals surface area contributed by atoms with Crippen molar-refractivity contribution < 1.29 is 22.3 Å². The minimum atomic E-state index is -4.01. The Balaban J connectivity index is 1.64. The summed E-state index contributed by atoms with van der Waals surface area (Å²) < 4.78 is 47.6. The molecule has 1 aliphatic rings. The summed E-state index contributed by atoms with van der Waals surface area (Å²) in [5, 5.41) is 9.26. The monoisotopic (exact) mass is 479 g/mol. The van der Waals surface area contributed by atoms with Crippen LogP contribution in [0.2, 0.25) is 0 Å². The molecular weight excluding hydrogens is 457 g/mol. The smallest absolute Gasteiger partial charge is 0.264 e. The molecule has 9 heteroatoms. The fourth-order valence-electron chi connectivity index (χ4n) is 3.78. The van der Waals surface area contributed by atoms with Crippen LogP contribution in [0.1, 0.15) is 30.0 Å². The van der Waals surface area contributed by atoms with Crippen molar-refractivity contribution in [3.8, 4) is 11.8 Å². The number of rotatable bonds is 6. The molecule has 0 fully saturated rings. The van der Waals surface area contributed by atoms with E-state index >= 15 is 0 Å². The van der Waals surface area contributed by atoms with Crippen LogP contribution in [0.5, 0.6) is 5.75 Å². The Hall–Kier alpha value is -3.90. The van der Waals surface area contributed by atoms with Crippen LogP contribution >= 0.6 is 0 Å². The van der Waals surface area contributed by atoms with Gasteiger partial charge in [-0.25, -0.2) is 12.8 Å². The lowest BCUT2D eigenvalue weighted by atomic mass is 10.1. The van der Waals surface area contributed by atoms with Gasteiger partial charge in [0.2, 0.25) is 0 Å². The van der Waals surface area contributed by atoms with Gasteiger partial charge in [-0.3, -0.25) is 9.52 Å². The number of nitriles is 1. The number of anilines is 1. The number of halogens is 1. The number of nitrogens with one attached hydrogen (secondary N) is 1. The van der Waals surface area contributed by atoms with Crippen LogP contribution in [0.3, 0.4) is 0 Å². The molecule has 0 aliphatic carbocycles. The van der Waals surface area contributed by atoms with E-state index in [-0.39, 0.29) is 41.0 Å². The Morgan fingerprint density at radius 2 is 1.88 bits per heavy atom. The summed E-state index contributed by atoms with van der Waals surface area (Å²) in [5.74, 6) is -0.0729. The van der Waals surface area contributed by atoms with E-state index in [0.717, 1.165) is 5.56 Å². The number of amides is 1. The lowest BCUT2D eigenvalue weighted by Crippen LogP contribution is -2.38. The minimum Gasteiger partial charge on any atom is -0.480 e. The summed E-state index contributed by atoms with van der Waals surface area (Å²) in [6, 6.07) is 18.5. The number of fused-ring (bicyclic) bond motifs is 1. The topological polar surface area (TPSA) is 99.5 Å². The normalized spacial score (nSPS) is 15.6. The summed E-state index contributed by atoms with van der Waals surface area (Å²) in [6.45, 7) is 2.29. The molecule has 0 saturated carbocycles. The molecule has 1 N–H and O–H groups in total. The Labute approximate surface area is 197 Å². The van der Waals surface area contributed by atoms with Gasteiger partial charge in [0, 0.05) is 24.3 Å². The maximum Gasteiger partial charge on any atom is 0.264 e. The largest absolute Gasteiger partial charge is 0.480 e. The molecule has 0 saturated heterocycles. The highest BCUT2D eigenvalue weighted by atomic mass is 32.2. The third-order valence-corrected chi connectivity index (χ3v) is 6.92. The number of hydrogen-bond donors (Lipinski definition) is 1. The lowest BCUT2D eigenvalue weighted by Gasteiger charge is -2.23. The van der Waals surface area contributed by atoms with Crippen LogP contribution in [-0.4, -0.2) is 25.3 Å². The molecule has 1 heterocycles. The van der Waals surface area contributed by atoms with Gasteiger partial charge in [0.05, 0.1) is 5.56 Å². The van der Waals surface area contributed by atoms with Crippen molar-refractivity contribution in [3.63, 3.8) is 0 Å². The number of hydrogen-bond acceptors (Lipinski definition) is 5. The van der Waals surface area contributed by atoms with Crippen LogP contribution in [-0.2, 0) is 27.9 Å². The van der Waals surface area contributed by atoms with Crippen molar-refractivity contribution in [1.82, 2.24) is 4.90 Å². The van der Waals surface area contributed by atoms with Gasteiger partial charge in [-0.15, -0.1) is 0 Å². The van der Waals surface area contributed by atoms with Crippen LogP contribution in [0, 0.1) is 17.1 Å². The molecular formula is C25H22FN3O4S. The maximum absolute atomic E-state index is 13.3. The average molecular weight is 480 g/mol. The highest BCUT2D eigenvalue weighted by Gasteiger charge is 2.30. The van der Waals surface area contributed by atoms with Crippen molar-refractivity contribution in [2.75, 3.05) is 4.72 Å². The highest BCUT2D eigenvalue weighted by molar-refractivity contribution is 7.92. The summed E-state index contributed by atoms with van der Waals surface area (Å²) in [5.41, 5.74) is 1.70. The van der Waals surface area contributed by atoms with Crippen molar-refractivity contribution in [3.05, 3.63) is 89.2 Å². The van der Waals surface area contributed by atoms with E-state index in [2.05, 4.69) is 4.72 Å². The number of benzene rings is 3. The Bertz CT molecular complexity index is 1370. The third-order valence-electron chi connectivity index (χ3n) is 5.48. The van der Waals surface area contributed by atoms with Gasteiger partial charge in [-0.2, -0.15) is 5.26 Å². The number of carbonyl (C=O) groups excluding carboxylic acids is 1. The zero-order chi connectivity index (χ0) is 24.3. The number of nitrogens with zero attached hydrogens (tertiary/aromatic N) is 2. The molecule has 0 spiro atoms. The molecule has 3 aromatic carbocycles. The first-order valence-corrected chi connectivity index (χ1v) is 12.1. The first-order valence-electron chi connectivity index (χ1n) is 10.7. The standard InChI is InChI=1S/C25H22FN3O4S/c1-2-22-25(30)29(15-17-7-9-20(26)10-8-17)16-19-13-21(11-12-23(19)33-22)28-34(31,32)24-6-4-3-5-18(24)14-27/h3-13,22,28H,2,15-16H2,1H3. The second-order valence-electron chi connectivity index (χ2n) is 7.87. The predicted molar refractivity (Wildman–Crippen MR) is 124 cm³/mol. The van der Waals surface area contributed by atoms with E-state index in [0.29, 0.717) is 17.7 Å². The zero-order valence-electron chi connectivity index (χ0n) is 18.4. The second kappa shape index (κ2) is 9.53. The second-order valence-corrected chi connectivity index (χ2v) is 9.52. The fraction of sp³-hybridized carbons (Fsp3) is 0.200. The molecule has 1 atom stereocenters. The summed E-state index contributed by atoms with van der Waals surface area (Å²) in [4.78, 5) is 14.6. The van der Waals surface area contributed by atoms with E-state index in [1.807, 2.05) is 13.0 Å². The molecule has 1 unspecified atom stereocenters. The van der Waals surface area contributed by atoms with Gasteiger partial charge in [0.1, 0.15) is 22.5 Å². The quantitative estimate of drug-likeness (QED) is 0.571. The van der Waals surface area contributed by atoms with Gasteiger partial charge in [-0.1, -0.05) is 31.2 Å². The predicted octanol–water partition coefficient (Wildman–Crippen LogP) is 4.20.